The maximum atomic E-state index is 12.8. The van der Waals surface area contributed by atoms with E-state index in [9.17, 15) is 4.79 Å². The molecule has 0 radical (unpaired) electrons. The molecule has 5 heteroatoms. The monoisotopic (exact) mass is 430 g/mol. The third kappa shape index (κ3) is 7.05. The Morgan fingerprint density at radius 2 is 1.80 bits per heavy atom. The zero-order valence-electron chi connectivity index (χ0n) is 19.5. The molecule has 0 saturated heterocycles. The number of nitrogens with zero attached hydrogens (tertiary/aromatic N) is 2. The van der Waals surface area contributed by atoms with Crippen LogP contribution in [0.3, 0.4) is 0 Å². The standard InChI is InChI=1S/C19H20N2O2S.3C2H6/c22-18(13-24-19-20-15-9-2-4-11-17(15)23-19)21-12-6-5-8-14-7-1-3-10-16(14)21;3*1-2/h2-4,9-11H,1,5-8,12-13H2;3*1-2H3. The summed E-state index contributed by atoms with van der Waals surface area (Å²) >= 11 is 1.38. The van der Waals surface area contributed by atoms with Crippen molar-refractivity contribution >= 4 is 28.8 Å². The molecule has 2 heterocycles. The molecule has 1 aromatic carbocycles. The Morgan fingerprint density at radius 3 is 2.53 bits per heavy atom. The van der Waals surface area contributed by atoms with E-state index in [4.69, 9.17) is 4.42 Å². The third-order valence-corrected chi connectivity index (χ3v) is 5.36. The number of rotatable bonds is 3. The number of carbonyl (C=O) groups is 1. The first-order chi connectivity index (χ1) is 14.8. The molecule has 30 heavy (non-hydrogen) atoms. The van der Waals surface area contributed by atoms with E-state index in [1.807, 2.05) is 70.7 Å². The Bertz CT molecular complexity index is 790. The summed E-state index contributed by atoms with van der Waals surface area (Å²) in [6, 6.07) is 7.68. The minimum absolute atomic E-state index is 0.142. The second-order valence-electron chi connectivity index (χ2n) is 6.17. The van der Waals surface area contributed by atoms with E-state index in [0.29, 0.717) is 11.0 Å². The van der Waals surface area contributed by atoms with E-state index in [2.05, 4.69) is 17.1 Å². The molecule has 4 nitrogen and oxygen atoms in total. The van der Waals surface area contributed by atoms with Crippen LogP contribution in [-0.2, 0) is 4.79 Å². The molecule has 1 aliphatic heterocycles. The highest BCUT2D eigenvalue weighted by molar-refractivity contribution is 7.99. The number of thioether (sulfide) groups is 1. The van der Waals surface area contributed by atoms with Crippen molar-refractivity contribution in [1.82, 2.24) is 9.88 Å². The van der Waals surface area contributed by atoms with Gasteiger partial charge < -0.3 is 9.32 Å². The first kappa shape index (κ1) is 26.0. The van der Waals surface area contributed by atoms with Gasteiger partial charge in [0.05, 0.1) is 5.75 Å². The van der Waals surface area contributed by atoms with Crippen LogP contribution in [0.1, 0.15) is 73.6 Å². The largest absolute Gasteiger partial charge is 0.431 e. The van der Waals surface area contributed by atoms with E-state index in [-0.39, 0.29) is 5.91 Å². The number of oxazole rings is 1. The second-order valence-corrected chi connectivity index (χ2v) is 7.10. The zero-order chi connectivity index (χ0) is 22.4. The van der Waals surface area contributed by atoms with Gasteiger partial charge in [0.1, 0.15) is 5.52 Å². The molecular formula is C25H38N2O2S. The summed E-state index contributed by atoms with van der Waals surface area (Å²) in [5.41, 5.74) is 4.18. The predicted molar refractivity (Wildman–Crippen MR) is 130 cm³/mol. The number of carbonyl (C=O) groups excluding carboxylic acids is 1. The van der Waals surface area contributed by atoms with Crippen molar-refractivity contribution < 1.29 is 9.21 Å². The van der Waals surface area contributed by atoms with Gasteiger partial charge in [-0.15, -0.1) is 0 Å². The van der Waals surface area contributed by atoms with E-state index in [1.165, 1.54) is 23.8 Å². The fourth-order valence-corrected chi connectivity index (χ4v) is 4.05. The van der Waals surface area contributed by atoms with Gasteiger partial charge in [-0.3, -0.25) is 4.79 Å². The fourth-order valence-electron chi connectivity index (χ4n) is 3.33. The maximum Gasteiger partial charge on any atom is 0.257 e. The number of para-hydroxylation sites is 2. The van der Waals surface area contributed by atoms with Crippen molar-refractivity contribution in [2.45, 2.75) is 78.9 Å². The molecule has 2 aliphatic rings. The van der Waals surface area contributed by atoms with Crippen LogP contribution in [-0.4, -0.2) is 28.1 Å². The molecule has 0 unspecified atom stereocenters. The average Bonchev–Trinajstić information content (AvgIpc) is 3.13. The van der Waals surface area contributed by atoms with Gasteiger partial charge in [-0.2, -0.15) is 0 Å². The van der Waals surface area contributed by atoms with Gasteiger partial charge in [0.15, 0.2) is 5.58 Å². The highest BCUT2D eigenvalue weighted by atomic mass is 32.2. The molecule has 166 valence electrons. The predicted octanol–water partition coefficient (Wildman–Crippen LogP) is 7.62. The SMILES string of the molecule is CC.CC.CC.O=C(CSc1nc2ccccc2o1)N1CCCCC2=C1C=CCC2. The van der Waals surface area contributed by atoms with Crippen LogP contribution < -0.4 is 0 Å². The number of allylic oxidation sites excluding steroid dienone is 3. The summed E-state index contributed by atoms with van der Waals surface area (Å²) in [5, 5.41) is 0.563. The summed E-state index contributed by atoms with van der Waals surface area (Å²) in [6.07, 6.45) is 9.87. The summed E-state index contributed by atoms with van der Waals surface area (Å²) in [7, 11) is 0. The third-order valence-electron chi connectivity index (χ3n) is 4.55. The van der Waals surface area contributed by atoms with Crippen LogP contribution in [0.25, 0.3) is 11.1 Å². The van der Waals surface area contributed by atoms with Gasteiger partial charge in [-0.05, 0) is 55.9 Å². The Hall–Kier alpha value is -2.01. The molecule has 0 bridgehead atoms. The fraction of sp³-hybridized carbons (Fsp3) is 0.520. The van der Waals surface area contributed by atoms with Crippen molar-refractivity contribution in [3.63, 3.8) is 0 Å². The summed E-state index contributed by atoms with van der Waals surface area (Å²) < 4.78 is 5.69. The smallest absolute Gasteiger partial charge is 0.257 e. The van der Waals surface area contributed by atoms with Crippen molar-refractivity contribution in [3.8, 4) is 0 Å². The number of amides is 1. The van der Waals surface area contributed by atoms with Gasteiger partial charge in [-0.25, -0.2) is 4.98 Å². The lowest BCUT2D eigenvalue weighted by molar-refractivity contribution is -0.126. The molecule has 2 aromatic rings. The zero-order valence-corrected chi connectivity index (χ0v) is 20.3. The summed E-state index contributed by atoms with van der Waals surface area (Å²) in [4.78, 5) is 19.2. The average molecular weight is 431 g/mol. The van der Waals surface area contributed by atoms with E-state index in [0.717, 1.165) is 49.0 Å². The van der Waals surface area contributed by atoms with Crippen LogP contribution in [0.2, 0.25) is 0 Å². The highest BCUT2D eigenvalue weighted by Gasteiger charge is 2.23. The lowest BCUT2D eigenvalue weighted by Crippen LogP contribution is -2.32. The van der Waals surface area contributed by atoms with Crippen LogP contribution in [0.15, 0.2) is 57.3 Å². The Balaban J connectivity index is 0.000000691. The minimum Gasteiger partial charge on any atom is -0.431 e. The van der Waals surface area contributed by atoms with Crippen molar-refractivity contribution in [3.05, 3.63) is 47.7 Å². The van der Waals surface area contributed by atoms with Crippen LogP contribution in [0.4, 0.5) is 0 Å². The first-order valence-corrected chi connectivity index (χ1v) is 12.5. The number of benzene rings is 1. The Labute approximate surface area is 186 Å². The molecular weight excluding hydrogens is 392 g/mol. The first-order valence-electron chi connectivity index (χ1n) is 11.5. The normalized spacial score (nSPS) is 14.9. The van der Waals surface area contributed by atoms with Crippen LogP contribution in [0, 0.1) is 0 Å². The van der Waals surface area contributed by atoms with E-state index >= 15 is 0 Å². The van der Waals surface area contributed by atoms with Crippen molar-refractivity contribution in [2.75, 3.05) is 12.3 Å². The Kier molecular flexibility index (Phi) is 12.9. The highest BCUT2D eigenvalue weighted by Crippen LogP contribution is 2.30. The molecule has 4 rings (SSSR count). The van der Waals surface area contributed by atoms with Crippen LogP contribution >= 0.6 is 11.8 Å². The molecule has 1 aromatic heterocycles. The topological polar surface area (TPSA) is 46.3 Å². The molecule has 0 saturated carbocycles. The van der Waals surface area contributed by atoms with Crippen LogP contribution in [0.5, 0.6) is 0 Å². The molecule has 1 aliphatic carbocycles. The summed E-state index contributed by atoms with van der Waals surface area (Å²) in [6.45, 7) is 12.8. The van der Waals surface area contributed by atoms with E-state index < -0.39 is 0 Å². The van der Waals surface area contributed by atoms with Gasteiger partial charge >= 0.3 is 0 Å². The second kappa shape index (κ2) is 14.9. The maximum absolute atomic E-state index is 12.8. The number of hydrogen-bond acceptors (Lipinski definition) is 4. The Morgan fingerprint density at radius 1 is 1.07 bits per heavy atom. The van der Waals surface area contributed by atoms with Gasteiger partial charge in [0, 0.05) is 12.2 Å². The molecule has 1 amide bonds. The van der Waals surface area contributed by atoms with Gasteiger partial charge in [0.25, 0.3) is 5.22 Å². The molecule has 0 atom stereocenters. The number of hydrogen-bond donors (Lipinski definition) is 0. The van der Waals surface area contributed by atoms with Crippen molar-refractivity contribution in [1.29, 1.82) is 0 Å². The number of aromatic nitrogens is 1. The molecule has 0 spiro atoms. The molecule has 0 fully saturated rings. The van der Waals surface area contributed by atoms with Gasteiger partial charge in [-0.1, -0.05) is 71.5 Å². The number of fused-ring (bicyclic) bond motifs is 1. The molecule has 0 N–H and O–H groups in total. The quantitative estimate of drug-likeness (QED) is 0.470. The minimum atomic E-state index is 0.142. The lowest BCUT2D eigenvalue weighted by atomic mass is 9.98. The van der Waals surface area contributed by atoms with Gasteiger partial charge in [0.2, 0.25) is 5.91 Å². The van der Waals surface area contributed by atoms with E-state index in [1.54, 1.807) is 0 Å². The van der Waals surface area contributed by atoms with Crippen molar-refractivity contribution in [2.24, 2.45) is 0 Å². The lowest BCUT2D eigenvalue weighted by Gasteiger charge is -2.25. The summed E-state index contributed by atoms with van der Waals surface area (Å²) in [5.74, 6) is 0.500.